The minimum absolute atomic E-state index is 0.144. The summed E-state index contributed by atoms with van der Waals surface area (Å²) in [5.74, 6) is -0.287. The van der Waals surface area contributed by atoms with Crippen molar-refractivity contribution in [1.29, 1.82) is 0 Å². The second-order valence-corrected chi connectivity index (χ2v) is 3.43. The number of carbonyl (C=O) groups excluding carboxylic acids is 2. The van der Waals surface area contributed by atoms with Crippen molar-refractivity contribution in [3.63, 3.8) is 0 Å². The largest absolute Gasteiger partial charge is 0.274 e. The van der Waals surface area contributed by atoms with Crippen LogP contribution in [0, 0.1) is 0 Å². The molecule has 14 heavy (non-hydrogen) atoms. The van der Waals surface area contributed by atoms with Crippen LogP contribution in [0.3, 0.4) is 0 Å². The second-order valence-electron chi connectivity index (χ2n) is 2.72. The van der Waals surface area contributed by atoms with Gasteiger partial charge in [0.1, 0.15) is 0 Å². The Bertz CT molecular complexity index is 270. The molecule has 0 radical (unpaired) electrons. The molecule has 2 amide bonds. The van der Waals surface area contributed by atoms with Gasteiger partial charge < -0.3 is 0 Å². The number of nitrogens with zero attached hydrogens (tertiary/aromatic N) is 1. The molecule has 1 fully saturated rings. The number of hydrogen-bond acceptors (Lipinski definition) is 2. The van der Waals surface area contributed by atoms with Crippen LogP contribution >= 0.6 is 16.1 Å². The topological polar surface area (TPSA) is 37.4 Å². The van der Waals surface area contributed by atoms with Crippen molar-refractivity contribution in [3.05, 3.63) is 36.4 Å². The molecule has 1 aromatic carbocycles. The summed E-state index contributed by atoms with van der Waals surface area (Å²) in [5.41, 5.74) is 0. The molecule has 1 aliphatic heterocycles. The van der Waals surface area contributed by atoms with Gasteiger partial charge in [-0.3, -0.25) is 9.59 Å². The maximum atomic E-state index is 10.4. The molecule has 0 atom stereocenters. The lowest BCUT2D eigenvalue weighted by atomic mass is 10.4. The summed E-state index contributed by atoms with van der Waals surface area (Å²) in [4.78, 5) is 20.9. The number of benzene rings is 1. The lowest BCUT2D eigenvalue weighted by Crippen LogP contribution is -2.16. The smallest absolute Gasteiger partial charge is 0.239 e. The van der Waals surface area contributed by atoms with Crippen LogP contribution < -0.4 is 0 Å². The molecule has 0 aliphatic carbocycles. The first-order chi connectivity index (χ1) is 6.72. The number of carbonyl (C=O) groups is 2. The predicted molar refractivity (Wildman–Crippen MR) is 56.5 cm³/mol. The molecule has 0 aromatic heterocycles. The summed E-state index contributed by atoms with van der Waals surface area (Å²) in [6, 6.07) is 12.0. The van der Waals surface area contributed by atoms with Gasteiger partial charge in [-0.1, -0.05) is 36.4 Å². The third-order valence-electron chi connectivity index (χ3n) is 1.66. The van der Waals surface area contributed by atoms with Gasteiger partial charge >= 0.3 is 0 Å². The monoisotopic (exact) mass is 255 g/mol. The Morgan fingerprint density at radius 3 is 1.29 bits per heavy atom. The molecular formula is C10H10BrNO2. The highest BCUT2D eigenvalue weighted by Gasteiger charge is 2.26. The highest BCUT2D eigenvalue weighted by molar-refractivity contribution is 9.08. The zero-order valence-corrected chi connectivity index (χ0v) is 9.11. The van der Waals surface area contributed by atoms with E-state index in [1.54, 1.807) is 0 Å². The van der Waals surface area contributed by atoms with E-state index in [1.807, 2.05) is 36.4 Å². The van der Waals surface area contributed by atoms with Crippen LogP contribution in [0.5, 0.6) is 0 Å². The van der Waals surface area contributed by atoms with E-state index in [0.717, 1.165) is 3.93 Å². The predicted octanol–water partition coefficient (Wildman–Crippen LogP) is 2.13. The molecule has 1 saturated heterocycles. The van der Waals surface area contributed by atoms with Crippen molar-refractivity contribution in [2.24, 2.45) is 0 Å². The third-order valence-corrected chi connectivity index (χ3v) is 2.45. The van der Waals surface area contributed by atoms with Crippen LogP contribution in [-0.2, 0) is 9.59 Å². The van der Waals surface area contributed by atoms with Crippen molar-refractivity contribution in [2.75, 3.05) is 0 Å². The van der Waals surface area contributed by atoms with Crippen molar-refractivity contribution < 1.29 is 9.59 Å². The van der Waals surface area contributed by atoms with Gasteiger partial charge in [-0.25, -0.2) is 3.93 Å². The van der Waals surface area contributed by atoms with E-state index < -0.39 is 0 Å². The Morgan fingerprint density at radius 2 is 1.14 bits per heavy atom. The van der Waals surface area contributed by atoms with Gasteiger partial charge in [0.05, 0.1) is 16.1 Å². The van der Waals surface area contributed by atoms with E-state index in [1.165, 1.54) is 0 Å². The Hall–Kier alpha value is -1.16. The van der Waals surface area contributed by atoms with Crippen LogP contribution in [0.1, 0.15) is 12.8 Å². The van der Waals surface area contributed by atoms with Crippen LogP contribution in [0.15, 0.2) is 36.4 Å². The molecule has 0 N–H and O–H groups in total. The highest BCUT2D eigenvalue weighted by atomic mass is 79.9. The zero-order chi connectivity index (χ0) is 10.4. The average Bonchev–Trinajstić information content (AvgIpc) is 2.53. The highest BCUT2D eigenvalue weighted by Crippen LogP contribution is 2.14. The molecule has 74 valence electrons. The fourth-order valence-corrected chi connectivity index (χ4v) is 1.29. The molecule has 1 heterocycles. The first-order valence-corrected chi connectivity index (χ1v) is 4.94. The van der Waals surface area contributed by atoms with Gasteiger partial charge in [0.25, 0.3) is 0 Å². The van der Waals surface area contributed by atoms with E-state index >= 15 is 0 Å². The summed E-state index contributed by atoms with van der Waals surface area (Å²) in [7, 11) is 0. The van der Waals surface area contributed by atoms with E-state index in [2.05, 4.69) is 16.1 Å². The average molecular weight is 256 g/mol. The lowest BCUT2D eigenvalue weighted by molar-refractivity contribution is -0.131. The molecule has 2 rings (SSSR count). The van der Waals surface area contributed by atoms with Crippen LogP contribution in [0.4, 0.5) is 0 Å². The van der Waals surface area contributed by atoms with E-state index in [-0.39, 0.29) is 11.8 Å². The lowest BCUT2D eigenvalue weighted by Gasteiger charge is -1.97. The van der Waals surface area contributed by atoms with E-state index in [9.17, 15) is 9.59 Å². The molecule has 4 heteroatoms. The van der Waals surface area contributed by atoms with Crippen LogP contribution in [-0.4, -0.2) is 15.7 Å². The van der Waals surface area contributed by atoms with Gasteiger partial charge in [-0.2, -0.15) is 0 Å². The molecule has 0 spiro atoms. The quantitative estimate of drug-likeness (QED) is 0.526. The SMILES string of the molecule is O=C1CCC(=O)N1Br.c1ccccc1. The van der Waals surface area contributed by atoms with E-state index in [0.29, 0.717) is 12.8 Å². The molecular weight excluding hydrogens is 246 g/mol. The number of halogens is 1. The summed E-state index contributed by atoms with van der Waals surface area (Å²) in [6.07, 6.45) is 0.703. The first-order valence-electron chi connectivity index (χ1n) is 4.23. The minimum atomic E-state index is -0.144. The summed E-state index contributed by atoms with van der Waals surface area (Å²) >= 11 is 2.80. The Labute approximate surface area is 91.1 Å². The number of amides is 2. The Kier molecular flexibility index (Phi) is 4.32. The molecule has 0 unspecified atom stereocenters. The first kappa shape index (κ1) is 10.9. The van der Waals surface area contributed by atoms with Gasteiger partial charge in [0.15, 0.2) is 0 Å². The summed E-state index contributed by atoms with van der Waals surface area (Å²) < 4.78 is 0.979. The van der Waals surface area contributed by atoms with Gasteiger partial charge in [0.2, 0.25) is 11.8 Å². The zero-order valence-electron chi connectivity index (χ0n) is 7.52. The number of rotatable bonds is 0. The van der Waals surface area contributed by atoms with Crippen molar-refractivity contribution in [1.82, 2.24) is 3.93 Å². The Morgan fingerprint density at radius 1 is 0.857 bits per heavy atom. The third kappa shape index (κ3) is 3.30. The normalized spacial score (nSPS) is 15.1. The van der Waals surface area contributed by atoms with Gasteiger partial charge in [-0.15, -0.1) is 0 Å². The van der Waals surface area contributed by atoms with Gasteiger partial charge in [0, 0.05) is 12.8 Å². The van der Waals surface area contributed by atoms with Crippen molar-refractivity contribution >= 4 is 28.0 Å². The van der Waals surface area contributed by atoms with Crippen LogP contribution in [0.25, 0.3) is 0 Å². The fourth-order valence-electron chi connectivity index (χ4n) is 0.934. The maximum absolute atomic E-state index is 10.4. The summed E-state index contributed by atoms with van der Waals surface area (Å²) in [5, 5.41) is 0. The number of imide groups is 1. The van der Waals surface area contributed by atoms with Crippen molar-refractivity contribution in [2.45, 2.75) is 12.8 Å². The van der Waals surface area contributed by atoms with Gasteiger partial charge in [-0.05, 0) is 0 Å². The molecule has 1 aromatic rings. The van der Waals surface area contributed by atoms with Crippen molar-refractivity contribution in [3.8, 4) is 0 Å². The summed E-state index contributed by atoms with van der Waals surface area (Å²) in [6.45, 7) is 0. The van der Waals surface area contributed by atoms with E-state index in [4.69, 9.17) is 0 Å². The molecule has 0 bridgehead atoms. The standard InChI is InChI=1S/C6H6.C4H4BrNO2/c1-2-4-6-5-3-1;5-6-3(7)1-2-4(6)8/h1-6H;1-2H2. The second kappa shape index (κ2) is 5.54. The minimum Gasteiger partial charge on any atom is -0.274 e. The van der Waals surface area contributed by atoms with Crippen LogP contribution in [0.2, 0.25) is 0 Å². The number of hydrogen-bond donors (Lipinski definition) is 0. The maximum Gasteiger partial charge on any atom is 0.239 e. The molecule has 0 saturated carbocycles. The fraction of sp³-hybridized carbons (Fsp3) is 0.200. The Balaban J connectivity index is 0.000000146. The molecule has 3 nitrogen and oxygen atoms in total. The molecule has 1 aliphatic rings.